The molecule has 0 saturated heterocycles. The van der Waals surface area contributed by atoms with Gasteiger partial charge in [-0.15, -0.1) is 0 Å². The fraction of sp³-hybridized carbons (Fsp3) is 0.704. The van der Waals surface area contributed by atoms with Crippen LogP contribution in [-0.4, -0.2) is 0 Å². The van der Waals surface area contributed by atoms with E-state index in [9.17, 15) is 13.2 Å². The van der Waals surface area contributed by atoms with Crippen LogP contribution in [0.5, 0.6) is 0 Å². The van der Waals surface area contributed by atoms with Gasteiger partial charge < -0.3 is 0 Å². The molecular weight excluding hydrogens is 381 g/mol. The largest absolute Gasteiger partial charge is 0.209 e. The fourth-order valence-electron chi connectivity index (χ4n) is 5.83. The molecule has 0 atom stereocenters. The van der Waals surface area contributed by atoms with E-state index in [0.29, 0.717) is 12.3 Å². The van der Waals surface area contributed by atoms with E-state index in [1.165, 1.54) is 63.5 Å². The predicted octanol–water partition coefficient (Wildman–Crippen LogP) is 9.50. The maximum absolute atomic E-state index is 14.6. The zero-order valence-electron chi connectivity index (χ0n) is 18.9. The van der Waals surface area contributed by atoms with Gasteiger partial charge in [0.2, 0.25) is 0 Å². The minimum Gasteiger partial charge on any atom is -0.209 e. The summed E-state index contributed by atoms with van der Waals surface area (Å²) in [6.07, 6.45) is 14.3. The second kappa shape index (κ2) is 11.4. The van der Waals surface area contributed by atoms with Gasteiger partial charge in [-0.1, -0.05) is 52.0 Å². The number of hydrogen-bond acceptors (Lipinski definition) is 0. The zero-order valence-corrected chi connectivity index (χ0v) is 18.9. The Morgan fingerprint density at radius 1 is 0.867 bits per heavy atom. The molecule has 0 nitrogen and oxygen atoms in total. The molecule has 3 heteroatoms. The van der Waals surface area contributed by atoms with Crippen molar-refractivity contribution in [3.8, 4) is 0 Å². The monoisotopic (exact) mass is 420 g/mol. The molecule has 0 spiro atoms. The average molecular weight is 421 g/mol. The Morgan fingerprint density at radius 2 is 1.50 bits per heavy atom. The van der Waals surface area contributed by atoms with Crippen molar-refractivity contribution in [3.63, 3.8) is 0 Å². The second-order valence-corrected chi connectivity index (χ2v) is 9.74. The van der Waals surface area contributed by atoms with Gasteiger partial charge in [0.15, 0.2) is 5.83 Å². The summed E-state index contributed by atoms with van der Waals surface area (Å²) in [6, 6.07) is 4.70. The maximum atomic E-state index is 14.6. The molecule has 0 bridgehead atoms. The molecule has 2 aliphatic carbocycles. The summed E-state index contributed by atoms with van der Waals surface area (Å²) >= 11 is 0. The Balaban J connectivity index is 1.55. The maximum Gasteiger partial charge on any atom is 0.164 e. The first kappa shape index (κ1) is 23.4. The molecule has 2 aliphatic rings. The number of benzene rings is 1. The highest BCUT2D eigenvalue weighted by atomic mass is 19.2. The van der Waals surface area contributed by atoms with Crippen LogP contribution in [0.15, 0.2) is 24.0 Å². The summed E-state index contributed by atoms with van der Waals surface area (Å²) in [7, 11) is 0. The topological polar surface area (TPSA) is 0 Å². The van der Waals surface area contributed by atoms with Crippen LogP contribution in [0.4, 0.5) is 13.2 Å². The molecule has 0 amide bonds. The minimum atomic E-state index is -1.03. The highest BCUT2D eigenvalue weighted by molar-refractivity contribution is 5.61. The lowest BCUT2D eigenvalue weighted by Crippen LogP contribution is -2.25. The third-order valence-electron chi connectivity index (χ3n) is 7.72. The van der Waals surface area contributed by atoms with Gasteiger partial charge in [-0.05, 0) is 86.3 Å². The Kier molecular flexibility index (Phi) is 8.89. The van der Waals surface area contributed by atoms with E-state index in [1.807, 2.05) is 13.0 Å². The van der Waals surface area contributed by atoms with Crippen LogP contribution in [0.3, 0.4) is 0 Å². The van der Waals surface area contributed by atoms with E-state index in [1.54, 1.807) is 0 Å². The van der Waals surface area contributed by atoms with Crippen LogP contribution >= 0.6 is 0 Å². The van der Waals surface area contributed by atoms with Gasteiger partial charge in [-0.25, -0.2) is 13.2 Å². The molecule has 3 rings (SSSR count). The van der Waals surface area contributed by atoms with Crippen molar-refractivity contribution in [2.24, 2.45) is 17.8 Å². The number of unbranched alkanes of at least 4 members (excludes halogenated alkanes) is 1. The Bertz CT molecular complexity index is 692. The van der Waals surface area contributed by atoms with E-state index < -0.39 is 17.5 Å². The normalized spacial score (nSPS) is 28.3. The lowest BCUT2D eigenvalue weighted by atomic mass is 9.68. The van der Waals surface area contributed by atoms with Crippen molar-refractivity contribution >= 4 is 5.83 Å². The third-order valence-corrected chi connectivity index (χ3v) is 7.72. The molecule has 1 aromatic rings. The molecule has 2 saturated carbocycles. The van der Waals surface area contributed by atoms with Crippen LogP contribution < -0.4 is 0 Å². The first-order valence-corrected chi connectivity index (χ1v) is 12.4. The standard InChI is InChI=1S/C27H39F3/c1-3-5-7-25(28)27(30)24-17-16-23(18-26(24)29)22-14-12-21(13-15-22)20-10-8-19(6-4-2)9-11-20/h16-22H,3-15H2,1-2H3/b27-25+/t19-,20-,21?,22?. The average Bonchev–Trinajstić information content (AvgIpc) is 2.78. The van der Waals surface area contributed by atoms with E-state index in [-0.39, 0.29) is 12.0 Å². The molecule has 1 aromatic carbocycles. The van der Waals surface area contributed by atoms with Crippen LogP contribution in [0, 0.1) is 23.6 Å². The summed E-state index contributed by atoms with van der Waals surface area (Å²) in [5, 5.41) is 0. The Labute approximate surface area is 181 Å². The number of rotatable bonds is 8. The van der Waals surface area contributed by atoms with E-state index in [0.717, 1.165) is 42.6 Å². The molecule has 0 aromatic heterocycles. The van der Waals surface area contributed by atoms with Gasteiger partial charge >= 0.3 is 0 Å². The number of allylic oxidation sites excluding steroid dienone is 1. The first-order valence-electron chi connectivity index (χ1n) is 12.4. The number of hydrogen-bond donors (Lipinski definition) is 0. The summed E-state index contributed by atoms with van der Waals surface area (Å²) in [6.45, 7) is 4.21. The van der Waals surface area contributed by atoms with Crippen LogP contribution in [0.2, 0.25) is 0 Å². The van der Waals surface area contributed by atoms with Gasteiger partial charge in [-0.2, -0.15) is 0 Å². The van der Waals surface area contributed by atoms with Gasteiger partial charge in [-0.3, -0.25) is 0 Å². The Morgan fingerprint density at radius 3 is 2.07 bits per heavy atom. The van der Waals surface area contributed by atoms with Crippen LogP contribution in [0.25, 0.3) is 5.83 Å². The molecule has 0 unspecified atom stereocenters. The molecule has 30 heavy (non-hydrogen) atoms. The molecule has 2 fully saturated rings. The Hall–Kier alpha value is -1.25. The lowest BCUT2D eigenvalue weighted by molar-refractivity contribution is 0.156. The van der Waals surface area contributed by atoms with Crippen molar-refractivity contribution in [1.29, 1.82) is 0 Å². The zero-order chi connectivity index (χ0) is 21.5. The molecule has 0 heterocycles. The van der Waals surface area contributed by atoms with Crippen molar-refractivity contribution in [2.45, 2.75) is 103 Å². The van der Waals surface area contributed by atoms with Crippen molar-refractivity contribution in [2.75, 3.05) is 0 Å². The van der Waals surface area contributed by atoms with Gasteiger partial charge in [0, 0.05) is 12.0 Å². The van der Waals surface area contributed by atoms with E-state index in [4.69, 9.17) is 0 Å². The molecule has 0 aliphatic heterocycles. The highest BCUT2D eigenvalue weighted by Crippen LogP contribution is 2.44. The molecular formula is C27H39F3. The van der Waals surface area contributed by atoms with Crippen molar-refractivity contribution in [1.82, 2.24) is 0 Å². The predicted molar refractivity (Wildman–Crippen MR) is 120 cm³/mol. The van der Waals surface area contributed by atoms with Gasteiger partial charge in [0.1, 0.15) is 11.6 Å². The third kappa shape index (κ3) is 5.92. The fourth-order valence-corrected chi connectivity index (χ4v) is 5.83. The SMILES string of the molecule is CCCC/C(F)=C(\F)c1ccc(C2CCC([C@H]3CC[C@H](CCC)CC3)CC2)cc1F. The van der Waals surface area contributed by atoms with Crippen molar-refractivity contribution in [3.05, 3.63) is 41.0 Å². The van der Waals surface area contributed by atoms with E-state index in [2.05, 4.69) is 6.92 Å². The highest BCUT2D eigenvalue weighted by Gasteiger charge is 2.31. The summed E-state index contributed by atoms with van der Waals surface area (Å²) < 4.78 is 42.8. The quantitative estimate of drug-likeness (QED) is 0.393. The summed E-state index contributed by atoms with van der Waals surface area (Å²) in [5.74, 6) is 0.494. The second-order valence-electron chi connectivity index (χ2n) is 9.74. The van der Waals surface area contributed by atoms with Crippen LogP contribution in [0.1, 0.15) is 114 Å². The summed E-state index contributed by atoms with van der Waals surface area (Å²) in [4.78, 5) is 0. The minimum absolute atomic E-state index is 0.0356. The van der Waals surface area contributed by atoms with Gasteiger partial charge in [0.25, 0.3) is 0 Å². The van der Waals surface area contributed by atoms with Crippen LogP contribution in [-0.2, 0) is 0 Å². The first-order chi connectivity index (χ1) is 14.5. The summed E-state index contributed by atoms with van der Waals surface area (Å²) in [5.41, 5.74) is 0.716. The smallest absolute Gasteiger partial charge is 0.164 e. The van der Waals surface area contributed by atoms with Gasteiger partial charge in [0.05, 0.1) is 0 Å². The molecule has 168 valence electrons. The molecule has 0 radical (unpaired) electrons. The van der Waals surface area contributed by atoms with E-state index >= 15 is 0 Å². The van der Waals surface area contributed by atoms with Crippen molar-refractivity contribution < 1.29 is 13.2 Å². The molecule has 0 N–H and O–H groups in total. The lowest BCUT2D eigenvalue weighted by Gasteiger charge is -2.38. The number of halogens is 3.